The number of benzene rings is 2. The van der Waals surface area contributed by atoms with E-state index in [1.165, 1.54) is 6.07 Å². The van der Waals surface area contributed by atoms with Crippen LogP contribution in [0, 0.1) is 5.82 Å². The van der Waals surface area contributed by atoms with Gasteiger partial charge in [-0.25, -0.2) is 4.39 Å². The summed E-state index contributed by atoms with van der Waals surface area (Å²) in [5.74, 6) is 0.669. The number of rotatable bonds is 6. The third-order valence-corrected chi connectivity index (χ3v) is 3.71. The van der Waals surface area contributed by atoms with Crippen molar-refractivity contribution >= 4 is 11.6 Å². The van der Waals surface area contributed by atoms with Gasteiger partial charge in [0.2, 0.25) is 11.8 Å². The third-order valence-electron chi connectivity index (χ3n) is 3.38. The van der Waals surface area contributed by atoms with E-state index < -0.39 is 0 Å². The minimum Gasteiger partial charge on any atom is -0.419 e. The molecule has 0 aliphatic rings. The molecule has 0 radical (unpaired) electrons. The van der Waals surface area contributed by atoms with Gasteiger partial charge in [0.25, 0.3) is 0 Å². The summed E-state index contributed by atoms with van der Waals surface area (Å²) in [5.41, 5.74) is 1.39. The summed E-state index contributed by atoms with van der Waals surface area (Å²) in [6, 6.07) is 14.0. The van der Waals surface area contributed by atoms with Crippen molar-refractivity contribution in [3.05, 3.63) is 70.8 Å². The van der Waals surface area contributed by atoms with Crippen LogP contribution >= 0.6 is 11.6 Å². The fourth-order valence-corrected chi connectivity index (χ4v) is 2.40. The highest BCUT2D eigenvalue weighted by molar-refractivity contribution is 6.33. The van der Waals surface area contributed by atoms with E-state index in [9.17, 15) is 4.39 Å². The zero-order valence-corrected chi connectivity index (χ0v) is 13.1. The van der Waals surface area contributed by atoms with E-state index in [1.54, 1.807) is 18.2 Å². The highest BCUT2D eigenvalue weighted by Crippen LogP contribution is 2.26. The van der Waals surface area contributed by atoms with Gasteiger partial charge >= 0.3 is 0 Å². The summed E-state index contributed by atoms with van der Waals surface area (Å²) in [6.07, 6.45) is 0.595. The Morgan fingerprint density at radius 1 is 1.04 bits per heavy atom. The first-order valence-corrected chi connectivity index (χ1v) is 7.63. The molecular formula is C17H15ClFN3O. The first kappa shape index (κ1) is 15.6. The van der Waals surface area contributed by atoms with Gasteiger partial charge in [0.05, 0.1) is 17.1 Å². The molecule has 1 heterocycles. The molecule has 0 aliphatic heterocycles. The van der Waals surface area contributed by atoms with Gasteiger partial charge in [-0.2, -0.15) is 0 Å². The van der Waals surface area contributed by atoms with Crippen LogP contribution in [0.2, 0.25) is 5.02 Å². The second kappa shape index (κ2) is 7.35. The number of nitrogens with one attached hydrogen (secondary N) is 1. The summed E-state index contributed by atoms with van der Waals surface area (Å²) < 4.78 is 19.1. The molecule has 0 bridgehead atoms. The molecule has 118 valence electrons. The van der Waals surface area contributed by atoms with E-state index in [1.807, 2.05) is 24.3 Å². The van der Waals surface area contributed by atoms with Crippen LogP contribution in [0.5, 0.6) is 0 Å². The molecule has 6 heteroatoms. The Balaban J connectivity index is 1.54. The number of nitrogens with zero attached hydrogens (tertiary/aromatic N) is 2. The first-order chi connectivity index (χ1) is 11.2. The molecule has 0 saturated carbocycles. The average Bonchev–Trinajstić information content (AvgIpc) is 3.02. The quantitative estimate of drug-likeness (QED) is 0.697. The molecular weight excluding hydrogens is 317 g/mol. The molecule has 1 N–H and O–H groups in total. The third kappa shape index (κ3) is 3.94. The van der Waals surface area contributed by atoms with Crippen LogP contribution < -0.4 is 5.32 Å². The van der Waals surface area contributed by atoms with Gasteiger partial charge in [-0.1, -0.05) is 41.9 Å². The maximum absolute atomic E-state index is 13.5. The van der Waals surface area contributed by atoms with E-state index in [0.717, 1.165) is 0 Å². The van der Waals surface area contributed by atoms with Gasteiger partial charge < -0.3 is 9.73 Å². The van der Waals surface area contributed by atoms with Crippen molar-refractivity contribution in [3.8, 4) is 11.5 Å². The summed E-state index contributed by atoms with van der Waals surface area (Å²) in [7, 11) is 0. The van der Waals surface area contributed by atoms with Crippen molar-refractivity contribution in [2.75, 3.05) is 6.54 Å². The summed E-state index contributed by atoms with van der Waals surface area (Å²) >= 11 is 6.10. The molecule has 4 nitrogen and oxygen atoms in total. The molecule has 23 heavy (non-hydrogen) atoms. The number of hydrogen-bond acceptors (Lipinski definition) is 4. The number of halogens is 2. The van der Waals surface area contributed by atoms with Crippen molar-refractivity contribution in [2.24, 2.45) is 0 Å². The monoisotopic (exact) mass is 331 g/mol. The number of aromatic nitrogens is 2. The average molecular weight is 332 g/mol. The number of hydrogen-bond donors (Lipinski definition) is 1. The normalized spacial score (nSPS) is 10.9. The predicted molar refractivity (Wildman–Crippen MR) is 86.6 cm³/mol. The molecule has 3 aromatic rings. The fourth-order valence-electron chi connectivity index (χ4n) is 2.19. The predicted octanol–water partition coefficient (Wildman–Crippen LogP) is 3.86. The SMILES string of the molecule is Fc1ccccc1CCNCc1nnc(-c2ccccc2Cl)o1. The van der Waals surface area contributed by atoms with E-state index >= 15 is 0 Å². The molecule has 2 aromatic carbocycles. The van der Waals surface area contributed by atoms with Gasteiger partial charge in [0, 0.05) is 0 Å². The maximum atomic E-state index is 13.5. The largest absolute Gasteiger partial charge is 0.419 e. The molecule has 0 spiro atoms. The molecule has 0 unspecified atom stereocenters. The summed E-state index contributed by atoms with van der Waals surface area (Å²) in [4.78, 5) is 0. The van der Waals surface area contributed by atoms with Crippen molar-refractivity contribution in [1.82, 2.24) is 15.5 Å². The van der Waals surface area contributed by atoms with Crippen molar-refractivity contribution in [2.45, 2.75) is 13.0 Å². The molecule has 0 fully saturated rings. The summed E-state index contributed by atoms with van der Waals surface area (Å²) in [5, 5.41) is 11.7. The topological polar surface area (TPSA) is 51.0 Å². The van der Waals surface area contributed by atoms with Gasteiger partial charge in [0.1, 0.15) is 5.82 Å². The van der Waals surface area contributed by atoms with Crippen LogP contribution in [0.15, 0.2) is 52.9 Å². The zero-order chi connectivity index (χ0) is 16.1. The van der Waals surface area contributed by atoms with Crippen LogP contribution in [0.3, 0.4) is 0 Å². The van der Waals surface area contributed by atoms with Gasteiger partial charge in [-0.05, 0) is 36.7 Å². The zero-order valence-electron chi connectivity index (χ0n) is 12.3. The second-order valence-corrected chi connectivity index (χ2v) is 5.41. The van der Waals surface area contributed by atoms with Crippen molar-refractivity contribution in [1.29, 1.82) is 0 Å². The smallest absolute Gasteiger partial charge is 0.249 e. The second-order valence-electron chi connectivity index (χ2n) is 5.00. The Morgan fingerprint density at radius 2 is 1.83 bits per heavy atom. The van der Waals surface area contributed by atoms with E-state index in [-0.39, 0.29) is 5.82 Å². The fraction of sp³-hybridized carbons (Fsp3) is 0.176. The van der Waals surface area contributed by atoms with Gasteiger partial charge in [-0.3, -0.25) is 0 Å². The summed E-state index contributed by atoms with van der Waals surface area (Å²) in [6.45, 7) is 1.04. The van der Waals surface area contributed by atoms with Crippen LogP contribution in [0.1, 0.15) is 11.5 Å². The van der Waals surface area contributed by atoms with Gasteiger partial charge in [0.15, 0.2) is 0 Å². The minimum atomic E-state index is -0.187. The van der Waals surface area contributed by atoms with Crippen molar-refractivity contribution < 1.29 is 8.81 Å². The molecule has 1 aromatic heterocycles. The first-order valence-electron chi connectivity index (χ1n) is 7.25. The standard InChI is InChI=1S/C17H15ClFN3O/c18-14-7-3-2-6-13(14)17-22-21-16(23-17)11-20-10-9-12-5-1-4-8-15(12)19/h1-8,20H,9-11H2. The van der Waals surface area contributed by atoms with E-state index in [4.69, 9.17) is 16.0 Å². The Hall–Kier alpha value is -2.24. The Morgan fingerprint density at radius 3 is 2.65 bits per heavy atom. The molecule has 3 rings (SSSR count). The van der Waals surface area contributed by atoms with Crippen LogP contribution in [0.4, 0.5) is 4.39 Å². The maximum Gasteiger partial charge on any atom is 0.249 e. The lowest BCUT2D eigenvalue weighted by atomic mass is 10.1. The minimum absolute atomic E-state index is 0.187. The van der Waals surface area contributed by atoms with E-state index in [2.05, 4.69) is 15.5 Å². The van der Waals surface area contributed by atoms with Gasteiger partial charge in [-0.15, -0.1) is 10.2 Å². The molecule has 0 aliphatic carbocycles. The Bertz CT molecular complexity index is 791. The van der Waals surface area contributed by atoms with Crippen molar-refractivity contribution in [3.63, 3.8) is 0 Å². The highest BCUT2D eigenvalue weighted by Gasteiger charge is 2.11. The highest BCUT2D eigenvalue weighted by atomic mass is 35.5. The van der Waals surface area contributed by atoms with Crippen LogP contribution in [-0.2, 0) is 13.0 Å². The van der Waals surface area contributed by atoms with Crippen LogP contribution in [-0.4, -0.2) is 16.7 Å². The Labute approximate surface area is 138 Å². The lowest BCUT2D eigenvalue weighted by Crippen LogP contribution is -2.17. The molecule has 0 atom stereocenters. The Kier molecular flexibility index (Phi) is 5.00. The lowest BCUT2D eigenvalue weighted by Gasteiger charge is -2.03. The molecule has 0 amide bonds. The van der Waals surface area contributed by atoms with Crippen LogP contribution in [0.25, 0.3) is 11.5 Å². The molecule has 0 saturated heterocycles. The van der Waals surface area contributed by atoms with E-state index in [0.29, 0.717) is 47.4 Å². The lowest BCUT2D eigenvalue weighted by molar-refractivity contribution is 0.477.